The van der Waals surface area contributed by atoms with Crippen LogP contribution < -0.4 is 0 Å². The standard InChI is InChI=1S/C10H18O3/c1-5-7-10(6-2,8(3)11)9(12)13-4/h5-7H2,1-4H3. The summed E-state index contributed by atoms with van der Waals surface area (Å²) in [7, 11) is 1.32. The Morgan fingerprint density at radius 1 is 1.31 bits per heavy atom. The molecule has 0 saturated carbocycles. The van der Waals surface area contributed by atoms with Gasteiger partial charge in [0.05, 0.1) is 7.11 Å². The lowest BCUT2D eigenvalue weighted by Gasteiger charge is -2.26. The van der Waals surface area contributed by atoms with Gasteiger partial charge in [-0.25, -0.2) is 0 Å². The minimum Gasteiger partial charge on any atom is -0.468 e. The van der Waals surface area contributed by atoms with Crippen LogP contribution in [0.25, 0.3) is 0 Å². The van der Waals surface area contributed by atoms with E-state index in [0.717, 1.165) is 6.42 Å². The van der Waals surface area contributed by atoms with Gasteiger partial charge in [-0.3, -0.25) is 9.59 Å². The molecule has 0 bridgehead atoms. The van der Waals surface area contributed by atoms with Crippen LogP contribution in [0.2, 0.25) is 0 Å². The maximum absolute atomic E-state index is 11.5. The topological polar surface area (TPSA) is 43.4 Å². The van der Waals surface area contributed by atoms with Crippen molar-refractivity contribution in [2.45, 2.75) is 40.0 Å². The lowest BCUT2D eigenvalue weighted by atomic mass is 9.77. The molecule has 0 spiro atoms. The van der Waals surface area contributed by atoms with Gasteiger partial charge < -0.3 is 4.74 Å². The maximum Gasteiger partial charge on any atom is 0.319 e. The summed E-state index contributed by atoms with van der Waals surface area (Å²) >= 11 is 0. The van der Waals surface area contributed by atoms with E-state index in [1.165, 1.54) is 14.0 Å². The van der Waals surface area contributed by atoms with Crippen LogP contribution in [0.15, 0.2) is 0 Å². The number of ketones is 1. The molecule has 3 heteroatoms. The molecule has 1 unspecified atom stereocenters. The lowest BCUT2D eigenvalue weighted by molar-refractivity contribution is -0.158. The Hall–Kier alpha value is -0.860. The molecule has 76 valence electrons. The summed E-state index contributed by atoms with van der Waals surface area (Å²) in [6.07, 6.45) is 1.90. The summed E-state index contributed by atoms with van der Waals surface area (Å²) in [4.78, 5) is 22.8. The van der Waals surface area contributed by atoms with Gasteiger partial charge >= 0.3 is 5.97 Å². The Kier molecular flexibility index (Phi) is 4.67. The van der Waals surface area contributed by atoms with Gasteiger partial charge in [0.25, 0.3) is 0 Å². The second-order valence-electron chi connectivity index (χ2n) is 3.23. The quantitative estimate of drug-likeness (QED) is 0.487. The van der Waals surface area contributed by atoms with E-state index in [9.17, 15) is 9.59 Å². The first kappa shape index (κ1) is 12.1. The van der Waals surface area contributed by atoms with Gasteiger partial charge in [-0.1, -0.05) is 20.3 Å². The number of Topliss-reactive ketones (excluding diaryl/α,β-unsaturated/α-hetero) is 1. The summed E-state index contributed by atoms with van der Waals surface area (Å²) in [6.45, 7) is 5.25. The molecule has 0 N–H and O–H groups in total. The highest BCUT2D eigenvalue weighted by atomic mass is 16.5. The summed E-state index contributed by atoms with van der Waals surface area (Å²) in [5.74, 6) is -0.493. The minimum atomic E-state index is -0.899. The van der Waals surface area contributed by atoms with Crippen LogP contribution in [0.4, 0.5) is 0 Å². The molecule has 0 amide bonds. The Morgan fingerprint density at radius 2 is 1.85 bits per heavy atom. The van der Waals surface area contributed by atoms with Crippen molar-refractivity contribution >= 4 is 11.8 Å². The van der Waals surface area contributed by atoms with Gasteiger partial charge in [-0.15, -0.1) is 0 Å². The van der Waals surface area contributed by atoms with Crippen LogP contribution in [0.3, 0.4) is 0 Å². The average molecular weight is 186 g/mol. The third kappa shape index (κ3) is 2.29. The molecule has 0 aromatic heterocycles. The molecular formula is C10H18O3. The van der Waals surface area contributed by atoms with Crippen molar-refractivity contribution in [2.75, 3.05) is 7.11 Å². The largest absolute Gasteiger partial charge is 0.468 e. The zero-order chi connectivity index (χ0) is 10.5. The van der Waals surface area contributed by atoms with Crippen molar-refractivity contribution in [1.29, 1.82) is 0 Å². The van der Waals surface area contributed by atoms with Crippen LogP contribution in [-0.2, 0) is 14.3 Å². The Labute approximate surface area is 79.5 Å². The molecule has 0 fully saturated rings. The smallest absolute Gasteiger partial charge is 0.319 e. The predicted octanol–water partition coefficient (Wildman–Crippen LogP) is 1.94. The first-order chi connectivity index (χ1) is 6.05. The Morgan fingerprint density at radius 3 is 2.08 bits per heavy atom. The van der Waals surface area contributed by atoms with Crippen LogP contribution >= 0.6 is 0 Å². The molecule has 0 aliphatic heterocycles. The predicted molar refractivity (Wildman–Crippen MR) is 50.3 cm³/mol. The summed E-state index contributed by atoms with van der Waals surface area (Å²) in [5.41, 5.74) is -0.899. The zero-order valence-corrected chi connectivity index (χ0v) is 8.85. The summed E-state index contributed by atoms with van der Waals surface area (Å²) < 4.78 is 4.66. The summed E-state index contributed by atoms with van der Waals surface area (Å²) in [6, 6.07) is 0. The SMILES string of the molecule is CCCC(CC)(C(C)=O)C(=O)OC. The zero-order valence-electron chi connectivity index (χ0n) is 8.85. The van der Waals surface area contributed by atoms with Crippen LogP contribution in [0, 0.1) is 5.41 Å². The third-order valence-electron chi connectivity index (χ3n) is 2.53. The highest BCUT2D eigenvalue weighted by Gasteiger charge is 2.41. The molecule has 0 aromatic rings. The normalized spacial score (nSPS) is 14.8. The van der Waals surface area contributed by atoms with Crippen LogP contribution in [0.5, 0.6) is 0 Å². The van der Waals surface area contributed by atoms with Crippen molar-refractivity contribution in [1.82, 2.24) is 0 Å². The number of ether oxygens (including phenoxy) is 1. The number of hydrogen-bond acceptors (Lipinski definition) is 3. The number of esters is 1. The molecule has 0 aliphatic rings. The Balaban J connectivity index is 4.85. The molecule has 0 rings (SSSR count). The molecule has 0 heterocycles. The van der Waals surface area contributed by atoms with E-state index >= 15 is 0 Å². The van der Waals surface area contributed by atoms with Gasteiger partial charge in [-0.2, -0.15) is 0 Å². The van der Waals surface area contributed by atoms with Crippen LogP contribution in [-0.4, -0.2) is 18.9 Å². The van der Waals surface area contributed by atoms with E-state index in [4.69, 9.17) is 0 Å². The number of hydrogen-bond donors (Lipinski definition) is 0. The van der Waals surface area contributed by atoms with E-state index in [-0.39, 0.29) is 5.78 Å². The molecule has 0 saturated heterocycles. The van der Waals surface area contributed by atoms with E-state index in [1.54, 1.807) is 0 Å². The monoisotopic (exact) mass is 186 g/mol. The van der Waals surface area contributed by atoms with Gasteiger partial charge in [0, 0.05) is 0 Å². The molecule has 3 nitrogen and oxygen atoms in total. The number of carbonyl (C=O) groups excluding carboxylic acids is 2. The molecule has 13 heavy (non-hydrogen) atoms. The molecule has 0 aromatic carbocycles. The fraction of sp³-hybridized carbons (Fsp3) is 0.800. The van der Waals surface area contributed by atoms with Gasteiger partial charge in [0.1, 0.15) is 11.2 Å². The summed E-state index contributed by atoms with van der Waals surface area (Å²) in [5, 5.41) is 0. The lowest BCUT2D eigenvalue weighted by Crippen LogP contribution is -2.38. The number of methoxy groups -OCH3 is 1. The van der Waals surface area contributed by atoms with E-state index in [1.807, 2.05) is 13.8 Å². The minimum absolute atomic E-state index is 0.0938. The first-order valence-electron chi connectivity index (χ1n) is 4.64. The number of carbonyl (C=O) groups is 2. The Bertz CT molecular complexity index is 198. The van der Waals surface area contributed by atoms with Gasteiger partial charge in [0.2, 0.25) is 0 Å². The van der Waals surface area contributed by atoms with Crippen molar-refractivity contribution in [3.05, 3.63) is 0 Å². The van der Waals surface area contributed by atoms with Crippen molar-refractivity contribution in [3.8, 4) is 0 Å². The first-order valence-corrected chi connectivity index (χ1v) is 4.64. The molecule has 1 atom stereocenters. The van der Waals surface area contributed by atoms with Crippen molar-refractivity contribution < 1.29 is 14.3 Å². The van der Waals surface area contributed by atoms with Gasteiger partial charge in [-0.05, 0) is 19.8 Å². The highest BCUT2D eigenvalue weighted by Crippen LogP contribution is 2.30. The molecule has 0 aliphatic carbocycles. The number of rotatable bonds is 5. The third-order valence-corrected chi connectivity index (χ3v) is 2.53. The second kappa shape index (κ2) is 5.00. The average Bonchev–Trinajstić information content (AvgIpc) is 2.12. The fourth-order valence-electron chi connectivity index (χ4n) is 1.61. The highest BCUT2D eigenvalue weighted by molar-refractivity contribution is 6.02. The molecular weight excluding hydrogens is 168 g/mol. The van der Waals surface area contributed by atoms with Gasteiger partial charge in [0.15, 0.2) is 0 Å². The van der Waals surface area contributed by atoms with E-state index in [2.05, 4.69) is 4.74 Å². The van der Waals surface area contributed by atoms with Crippen molar-refractivity contribution in [3.63, 3.8) is 0 Å². The van der Waals surface area contributed by atoms with Crippen molar-refractivity contribution in [2.24, 2.45) is 5.41 Å². The van der Waals surface area contributed by atoms with Crippen LogP contribution in [0.1, 0.15) is 40.0 Å². The van der Waals surface area contributed by atoms with E-state index < -0.39 is 11.4 Å². The molecule has 0 radical (unpaired) electrons. The fourth-order valence-corrected chi connectivity index (χ4v) is 1.61. The van der Waals surface area contributed by atoms with E-state index in [0.29, 0.717) is 12.8 Å². The maximum atomic E-state index is 11.5. The second-order valence-corrected chi connectivity index (χ2v) is 3.23.